The van der Waals surface area contributed by atoms with Gasteiger partial charge >= 0.3 is 0 Å². The topological polar surface area (TPSA) is 50.5 Å². The zero-order chi connectivity index (χ0) is 15.1. The lowest BCUT2D eigenvalue weighted by Crippen LogP contribution is -2.41. The summed E-state index contributed by atoms with van der Waals surface area (Å²) < 4.78 is 5.67. The first-order valence-electron chi connectivity index (χ1n) is 8.21. The Balaban J connectivity index is 1.89. The maximum absolute atomic E-state index is 6.19. The number of nitrogens with two attached hydrogens (primary N) is 1. The molecule has 1 unspecified atom stereocenters. The van der Waals surface area contributed by atoms with Crippen LogP contribution in [0.1, 0.15) is 39.5 Å². The van der Waals surface area contributed by atoms with Crippen molar-refractivity contribution in [2.75, 3.05) is 37.3 Å². The number of anilines is 2. The lowest BCUT2D eigenvalue weighted by Gasteiger charge is -2.32. The summed E-state index contributed by atoms with van der Waals surface area (Å²) in [4.78, 5) is 2.56. The summed E-state index contributed by atoms with van der Waals surface area (Å²) >= 11 is 0. The van der Waals surface area contributed by atoms with E-state index in [0.717, 1.165) is 30.1 Å². The van der Waals surface area contributed by atoms with Crippen LogP contribution in [0, 0.1) is 0 Å². The Morgan fingerprint density at radius 2 is 2.05 bits per heavy atom. The van der Waals surface area contributed by atoms with Gasteiger partial charge in [-0.1, -0.05) is 19.4 Å². The maximum atomic E-state index is 6.19. The largest absolute Gasteiger partial charge is 0.491 e. The second-order valence-electron chi connectivity index (χ2n) is 5.89. The second-order valence-corrected chi connectivity index (χ2v) is 5.89. The summed E-state index contributed by atoms with van der Waals surface area (Å²) in [6, 6.07) is 6.49. The average Bonchev–Trinajstić information content (AvgIpc) is 2.53. The molecule has 0 aromatic heterocycles. The number of ether oxygens (including phenoxy) is 1. The van der Waals surface area contributed by atoms with Gasteiger partial charge < -0.3 is 15.8 Å². The summed E-state index contributed by atoms with van der Waals surface area (Å²) in [5.41, 5.74) is 7.89. The first-order valence-corrected chi connectivity index (χ1v) is 8.21. The van der Waals surface area contributed by atoms with Crippen molar-refractivity contribution in [1.82, 2.24) is 4.90 Å². The van der Waals surface area contributed by atoms with Gasteiger partial charge in [-0.05, 0) is 51.4 Å². The number of hydrogen-bond donors (Lipinski definition) is 2. The van der Waals surface area contributed by atoms with Crippen LogP contribution in [0.2, 0.25) is 0 Å². The standard InChI is InChI=1S/C17H29N3O/c1-3-12-21-16-9-7-8-15(17(16)18)19-13-14(2)20-10-5-4-6-11-20/h7-9,14,19H,3-6,10-13,18H2,1-2H3. The molecule has 1 heterocycles. The minimum Gasteiger partial charge on any atom is -0.491 e. The van der Waals surface area contributed by atoms with E-state index in [2.05, 4.69) is 24.1 Å². The van der Waals surface area contributed by atoms with Gasteiger partial charge in [0.15, 0.2) is 0 Å². The van der Waals surface area contributed by atoms with Crippen molar-refractivity contribution in [3.63, 3.8) is 0 Å². The molecule has 1 aliphatic rings. The van der Waals surface area contributed by atoms with E-state index in [0.29, 0.717) is 12.6 Å². The van der Waals surface area contributed by atoms with Crippen LogP contribution in [0.5, 0.6) is 5.75 Å². The molecular weight excluding hydrogens is 262 g/mol. The number of nitrogens with one attached hydrogen (secondary N) is 1. The number of nitrogens with zero attached hydrogens (tertiary/aromatic N) is 1. The van der Waals surface area contributed by atoms with E-state index >= 15 is 0 Å². The summed E-state index contributed by atoms with van der Waals surface area (Å²) in [6.07, 6.45) is 5.02. The molecule has 1 aromatic rings. The number of hydrogen-bond acceptors (Lipinski definition) is 4. The van der Waals surface area contributed by atoms with Gasteiger partial charge in [-0.15, -0.1) is 0 Å². The summed E-state index contributed by atoms with van der Waals surface area (Å²) in [5, 5.41) is 3.48. The zero-order valence-corrected chi connectivity index (χ0v) is 13.4. The number of likely N-dealkylation sites (tertiary alicyclic amines) is 1. The van der Waals surface area contributed by atoms with Gasteiger partial charge in [-0.2, -0.15) is 0 Å². The highest BCUT2D eigenvalue weighted by atomic mass is 16.5. The Kier molecular flexibility index (Phi) is 6.18. The first kappa shape index (κ1) is 16.0. The molecule has 1 aromatic carbocycles. The van der Waals surface area contributed by atoms with E-state index in [-0.39, 0.29) is 0 Å². The molecule has 3 N–H and O–H groups in total. The number of para-hydroxylation sites is 1. The SMILES string of the molecule is CCCOc1cccc(NCC(C)N2CCCCC2)c1N. The Morgan fingerprint density at radius 1 is 1.29 bits per heavy atom. The maximum Gasteiger partial charge on any atom is 0.144 e. The van der Waals surface area contributed by atoms with E-state index in [1.165, 1.54) is 32.4 Å². The number of rotatable bonds is 7. The molecule has 0 radical (unpaired) electrons. The van der Waals surface area contributed by atoms with E-state index in [9.17, 15) is 0 Å². The normalized spacial score (nSPS) is 17.4. The van der Waals surface area contributed by atoms with Crippen molar-refractivity contribution in [3.8, 4) is 5.75 Å². The van der Waals surface area contributed by atoms with Crippen molar-refractivity contribution in [1.29, 1.82) is 0 Å². The van der Waals surface area contributed by atoms with Crippen LogP contribution in [0.15, 0.2) is 18.2 Å². The van der Waals surface area contributed by atoms with Gasteiger partial charge in [0, 0.05) is 12.6 Å². The van der Waals surface area contributed by atoms with Gasteiger partial charge in [0.2, 0.25) is 0 Å². The minimum atomic E-state index is 0.532. The van der Waals surface area contributed by atoms with Crippen molar-refractivity contribution < 1.29 is 4.74 Å². The molecule has 4 nitrogen and oxygen atoms in total. The third kappa shape index (κ3) is 4.53. The minimum absolute atomic E-state index is 0.532. The van der Waals surface area contributed by atoms with Gasteiger partial charge in [0.1, 0.15) is 5.75 Å². The van der Waals surface area contributed by atoms with Gasteiger partial charge in [0.05, 0.1) is 18.0 Å². The molecule has 118 valence electrons. The lowest BCUT2D eigenvalue weighted by atomic mass is 10.1. The van der Waals surface area contributed by atoms with Crippen LogP contribution >= 0.6 is 0 Å². The van der Waals surface area contributed by atoms with Crippen molar-refractivity contribution in [3.05, 3.63) is 18.2 Å². The van der Waals surface area contributed by atoms with Crippen LogP contribution in [0.25, 0.3) is 0 Å². The smallest absolute Gasteiger partial charge is 0.144 e. The van der Waals surface area contributed by atoms with Crippen LogP contribution in [-0.2, 0) is 0 Å². The average molecular weight is 291 g/mol. The van der Waals surface area contributed by atoms with Crippen molar-refractivity contribution >= 4 is 11.4 Å². The fourth-order valence-corrected chi connectivity index (χ4v) is 2.78. The van der Waals surface area contributed by atoms with E-state index in [1.54, 1.807) is 0 Å². The molecule has 2 rings (SSSR count). The molecule has 0 saturated carbocycles. The quantitative estimate of drug-likeness (QED) is 0.757. The van der Waals surface area contributed by atoms with E-state index < -0.39 is 0 Å². The first-order chi connectivity index (χ1) is 10.2. The molecule has 0 aliphatic carbocycles. The summed E-state index contributed by atoms with van der Waals surface area (Å²) in [7, 11) is 0. The Hall–Kier alpha value is -1.42. The molecule has 0 spiro atoms. The van der Waals surface area contributed by atoms with Crippen molar-refractivity contribution in [2.24, 2.45) is 0 Å². The van der Waals surface area contributed by atoms with E-state index in [4.69, 9.17) is 10.5 Å². The number of piperidine rings is 1. The molecule has 0 bridgehead atoms. The fraction of sp³-hybridized carbons (Fsp3) is 0.647. The highest BCUT2D eigenvalue weighted by Gasteiger charge is 2.16. The van der Waals surface area contributed by atoms with Crippen LogP contribution < -0.4 is 15.8 Å². The summed E-state index contributed by atoms with van der Waals surface area (Å²) in [5.74, 6) is 0.785. The molecule has 4 heteroatoms. The molecular formula is C17H29N3O. The van der Waals surface area contributed by atoms with Crippen LogP contribution in [0.4, 0.5) is 11.4 Å². The highest BCUT2D eigenvalue weighted by Crippen LogP contribution is 2.29. The number of benzene rings is 1. The predicted octanol–water partition coefficient (Wildman–Crippen LogP) is 3.34. The second kappa shape index (κ2) is 8.13. The molecule has 1 atom stereocenters. The predicted molar refractivity (Wildman–Crippen MR) is 90.0 cm³/mol. The third-order valence-corrected chi connectivity index (χ3v) is 4.13. The monoisotopic (exact) mass is 291 g/mol. The number of nitrogen functional groups attached to an aromatic ring is 1. The van der Waals surface area contributed by atoms with Gasteiger partial charge in [0.25, 0.3) is 0 Å². The van der Waals surface area contributed by atoms with E-state index in [1.807, 2.05) is 18.2 Å². The van der Waals surface area contributed by atoms with Gasteiger partial charge in [-0.3, -0.25) is 4.90 Å². The fourth-order valence-electron chi connectivity index (χ4n) is 2.78. The third-order valence-electron chi connectivity index (χ3n) is 4.13. The van der Waals surface area contributed by atoms with Crippen molar-refractivity contribution in [2.45, 2.75) is 45.6 Å². The highest BCUT2D eigenvalue weighted by molar-refractivity contribution is 5.72. The summed E-state index contributed by atoms with van der Waals surface area (Å²) in [6.45, 7) is 8.44. The Labute approximate surface area is 128 Å². The molecule has 0 amide bonds. The Bertz CT molecular complexity index is 430. The Morgan fingerprint density at radius 3 is 2.76 bits per heavy atom. The zero-order valence-electron chi connectivity index (χ0n) is 13.4. The molecule has 21 heavy (non-hydrogen) atoms. The van der Waals surface area contributed by atoms with Gasteiger partial charge in [-0.25, -0.2) is 0 Å². The van der Waals surface area contributed by atoms with Crippen LogP contribution in [0.3, 0.4) is 0 Å². The molecule has 1 fully saturated rings. The molecule has 1 saturated heterocycles. The lowest BCUT2D eigenvalue weighted by molar-refractivity contribution is 0.180. The van der Waals surface area contributed by atoms with Crippen LogP contribution in [-0.4, -0.2) is 37.2 Å². The molecule has 1 aliphatic heterocycles.